The maximum atomic E-state index is 11.9. The molecule has 2 saturated carbocycles. The van der Waals surface area contributed by atoms with Gasteiger partial charge in [-0.3, -0.25) is 0 Å². The van der Waals surface area contributed by atoms with Gasteiger partial charge in [-0.25, -0.2) is 4.79 Å². The summed E-state index contributed by atoms with van der Waals surface area (Å²) >= 11 is 0. The van der Waals surface area contributed by atoms with Crippen molar-refractivity contribution >= 4 is 6.09 Å². The number of hydrogen-bond donors (Lipinski definition) is 2. The molecular weight excluding hydrogens is 312 g/mol. The summed E-state index contributed by atoms with van der Waals surface area (Å²) in [5.41, 5.74) is 1.04. The van der Waals surface area contributed by atoms with Crippen LogP contribution in [0.5, 0.6) is 0 Å². The molecule has 4 heteroatoms. The van der Waals surface area contributed by atoms with Crippen molar-refractivity contribution in [3.8, 4) is 0 Å². The van der Waals surface area contributed by atoms with Gasteiger partial charge in [0.15, 0.2) is 0 Å². The lowest BCUT2D eigenvalue weighted by Gasteiger charge is -2.30. The molecule has 0 saturated heterocycles. The monoisotopic (exact) mass is 344 g/mol. The standard InChI is InChI=1S/C21H32N2O2/c1-21(2,3)25-20(24)23-17-11-9-15(10-12-17)14-22-19-13-18(19)16-7-5-4-6-8-16/h4-8,15,17-19,22H,9-14H2,1-3H3,(H,23,24)/t15?,17?,18-,19?/m1/s1. The number of carbonyl (C=O) groups is 1. The molecule has 0 bridgehead atoms. The van der Waals surface area contributed by atoms with Gasteiger partial charge in [-0.05, 0) is 70.9 Å². The highest BCUT2D eigenvalue weighted by Crippen LogP contribution is 2.40. The molecule has 138 valence electrons. The molecule has 1 aromatic rings. The maximum absolute atomic E-state index is 11.9. The fraction of sp³-hybridized carbons (Fsp3) is 0.667. The second kappa shape index (κ2) is 7.77. The number of rotatable bonds is 5. The summed E-state index contributed by atoms with van der Waals surface area (Å²) in [6.45, 7) is 6.80. The highest BCUT2D eigenvalue weighted by Gasteiger charge is 2.38. The minimum absolute atomic E-state index is 0.268. The van der Waals surface area contributed by atoms with E-state index in [1.54, 1.807) is 0 Å². The fourth-order valence-corrected chi connectivity index (χ4v) is 3.79. The van der Waals surface area contributed by atoms with Gasteiger partial charge in [0.1, 0.15) is 5.60 Å². The number of carbonyl (C=O) groups excluding carboxylic acids is 1. The molecule has 0 spiro atoms. The Bertz CT molecular complexity index is 559. The molecule has 2 aliphatic carbocycles. The van der Waals surface area contributed by atoms with E-state index in [0.29, 0.717) is 12.0 Å². The van der Waals surface area contributed by atoms with E-state index in [1.165, 1.54) is 24.8 Å². The summed E-state index contributed by atoms with van der Waals surface area (Å²) in [5.74, 6) is 1.43. The van der Waals surface area contributed by atoms with Crippen molar-refractivity contribution < 1.29 is 9.53 Å². The van der Waals surface area contributed by atoms with E-state index in [2.05, 4.69) is 41.0 Å². The van der Waals surface area contributed by atoms with Gasteiger partial charge in [0.25, 0.3) is 0 Å². The van der Waals surface area contributed by atoms with Crippen molar-refractivity contribution in [2.45, 2.75) is 76.5 Å². The van der Waals surface area contributed by atoms with Crippen LogP contribution in [0.15, 0.2) is 30.3 Å². The number of benzene rings is 1. The van der Waals surface area contributed by atoms with Gasteiger partial charge in [-0.2, -0.15) is 0 Å². The summed E-state index contributed by atoms with van der Waals surface area (Å²) in [6, 6.07) is 11.7. The molecule has 2 N–H and O–H groups in total. The highest BCUT2D eigenvalue weighted by molar-refractivity contribution is 5.68. The predicted octanol–water partition coefficient (Wildman–Crippen LogP) is 4.22. The van der Waals surface area contributed by atoms with Gasteiger partial charge >= 0.3 is 6.09 Å². The van der Waals surface area contributed by atoms with Crippen LogP contribution < -0.4 is 10.6 Å². The van der Waals surface area contributed by atoms with E-state index in [9.17, 15) is 4.79 Å². The number of alkyl carbamates (subject to hydrolysis) is 1. The lowest BCUT2D eigenvalue weighted by Crippen LogP contribution is -2.41. The van der Waals surface area contributed by atoms with Gasteiger partial charge in [0, 0.05) is 18.0 Å². The third-order valence-electron chi connectivity index (χ3n) is 5.25. The average Bonchev–Trinajstić information content (AvgIpc) is 3.33. The summed E-state index contributed by atoms with van der Waals surface area (Å²) in [4.78, 5) is 11.9. The fourth-order valence-electron chi connectivity index (χ4n) is 3.79. The Kier molecular flexibility index (Phi) is 5.67. The quantitative estimate of drug-likeness (QED) is 0.841. The number of nitrogens with one attached hydrogen (secondary N) is 2. The molecule has 0 heterocycles. The lowest BCUT2D eigenvalue weighted by atomic mass is 9.86. The van der Waals surface area contributed by atoms with Gasteiger partial charge in [-0.1, -0.05) is 30.3 Å². The molecule has 4 nitrogen and oxygen atoms in total. The first kappa shape index (κ1) is 18.2. The van der Waals surface area contributed by atoms with Gasteiger partial charge in [0.05, 0.1) is 0 Å². The molecule has 3 rings (SSSR count). The Morgan fingerprint density at radius 1 is 1.12 bits per heavy atom. The van der Waals surface area contributed by atoms with Crippen molar-refractivity contribution in [2.24, 2.45) is 5.92 Å². The Balaban J connectivity index is 1.32. The lowest BCUT2D eigenvalue weighted by molar-refractivity contribution is 0.0487. The van der Waals surface area contributed by atoms with Crippen LogP contribution in [0.3, 0.4) is 0 Å². The van der Waals surface area contributed by atoms with Crippen LogP contribution in [0.4, 0.5) is 4.79 Å². The topological polar surface area (TPSA) is 50.4 Å². The molecule has 2 aliphatic rings. The first-order valence-corrected chi connectivity index (χ1v) is 9.68. The zero-order valence-corrected chi connectivity index (χ0v) is 15.8. The Hall–Kier alpha value is -1.55. The van der Waals surface area contributed by atoms with Gasteiger partial charge in [-0.15, -0.1) is 0 Å². The Morgan fingerprint density at radius 3 is 2.44 bits per heavy atom. The predicted molar refractivity (Wildman–Crippen MR) is 101 cm³/mol. The van der Waals surface area contributed by atoms with E-state index in [0.717, 1.165) is 25.3 Å². The van der Waals surface area contributed by atoms with Crippen LogP contribution in [0.2, 0.25) is 0 Å². The summed E-state index contributed by atoms with van der Waals surface area (Å²) in [6.07, 6.45) is 5.45. The highest BCUT2D eigenvalue weighted by atomic mass is 16.6. The van der Waals surface area contributed by atoms with E-state index in [1.807, 2.05) is 20.8 Å². The molecule has 1 amide bonds. The minimum Gasteiger partial charge on any atom is -0.444 e. The molecule has 0 aromatic heterocycles. The normalized spacial score (nSPS) is 29.1. The van der Waals surface area contributed by atoms with E-state index < -0.39 is 5.60 Å². The Morgan fingerprint density at radius 2 is 1.80 bits per heavy atom. The molecule has 1 aromatic carbocycles. The zero-order valence-electron chi connectivity index (χ0n) is 15.8. The van der Waals surface area contributed by atoms with Crippen LogP contribution in [0.1, 0.15) is 64.4 Å². The summed E-state index contributed by atoms with van der Waals surface area (Å²) in [7, 11) is 0. The Labute approximate surface area is 151 Å². The minimum atomic E-state index is -0.426. The van der Waals surface area contributed by atoms with Gasteiger partial charge < -0.3 is 15.4 Å². The van der Waals surface area contributed by atoms with Crippen molar-refractivity contribution in [3.05, 3.63) is 35.9 Å². The zero-order chi connectivity index (χ0) is 17.9. The molecule has 2 fully saturated rings. The molecule has 0 radical (unpaired) electrons. The van der Waals surface area contributed by atoms with Crippen LogP contribution in [-0.2, 0) is 4.74 Å². The molecule has 1 unspecified atom stereocenters. The average molecular weight is 344 g/mol. The third kappa shape index (κ3) is 5.74. The van der Waals surface area contributed by atoms with Crippen LogP contribution in [0, 0.1) is 5.92 Å². The summed E-state index contributed by atoms with van der Waals surface area (Å²) in [5, 5.41) is 6.77. The maximum Gasteiger partial charge on any atom is 0.407 e. The SMILES string of the molecule is CC(C)(C)OC(=O)NC1CCC(CNC2C[C@@H]2c2ccccc2)CC1. The van der Waals surface area contributed by atoms with Crippen molar-refractivity contribution in [2.75, 3.05) is 6.54 Å². The second-order valence-corrected chi connectivity index (χ2v) is 8.63. The van der Waals surface area contributed by atoms with Crippen molar-refractivity contribution in [1.29, 1.82) is 0 Å². The van der Waals surface area contributed by atoms with Gasteiger partial charge in [0.2, 0.25) is 0 Å². The number of ether oxygens (including phenoxy) is 1. The van der Waals surface area contributed by atoms with E-state index in [-0.39, 0.29) is 12.1 Å². The van der Waals surface area contributed by atoms with Crippen LogP contribution in [0.25, 0.3) is 0 Å². The molecule has 0 aliphatic heterocycles. The third-order valence-corrected chi connectivity index (χ3v) is 5.25. The smallest absolute Gasteiger partial charge is 0.407 e. The largest absolute Gasteiger partial charge is 0.444 e. The first-order chi connectivity index (χ1) is 11.9. The summed E-state index contributed by atoms with van der Waals surface area (Å²) < 4.78 is 5.35. The molecule has 2 atom stereocenters. The van der Waals surface area contributed by atoms with Crippen molar-refractivity contribution in [3.63, 3.8) is 0 Å². The molecular formula is C21H32N2O2. The van der Waals surface area contributed by atoms with E-state index in [4.69, 9.17) is 4.74 Å². The number of amides is 1. The second-order valence-electron chi connectivity index (χ2n) is 8.63. The number of hydrogen-bond acceptors (Lipinski definition) is 3. The van der Waals surface area contributed by atoms with Crippen LogP contribution >= 0.6 is 0 Å². The molecule has 25 heavy (non-hydrogen) atoms. The van der Waals surface area contributed by atoms with E-state index >= 15 is 0 Å². The van der Waals surface area contributed by atoms with Crippen molar-refractivity contribution in [1.82, 2.24) is 10.6 Å². The first-order valence-electron chi connectivity index (χ1n) is 9.68. The van der Waals surface area contributed by atoms with Crippen LogP contribution in [-0.4, -0.2) is 30.3 Å².